The molecule has 0 radical (unpaired) electrons. The molecule has 1 unspecified atom stereocenters. The van der Waals surface area contributed by atoms with Gasteiger partial charge in [-0.1, -0.05) is 17.3 Å². The summed E-state index contributed by atoms with van der Waals surface area (Å²) in [6, 6.07) is 8.30. The quantitative estimate of drug-likeness (QED) is 0.781. The summed E-state index contributed by atoms with van der Waals surface area (Å²) in [5, 5.41) is 7.53. The van der Waals surface area contributed by atoms with Crippen molar-refractivity contribution >= 4 is 11.0 Å². The van der Waals surface area contributed by atoms with Gasteiger partial charge in [0.15, 0.2) is 5.82 Å². The van der Waals surface area contributed by atoms with Gasteiger partial charge in [-0.2, -0.15) is 4.98 Å². The Kier molecular flexibility index (Phi) is 3.80. The Labute approximate surface area is 134 Å². The van der Waals surface area contributed by atoms with Gasteiger partial charge >= 0.3 is 0 Å². The molecule has 3 aromatic rings. The third kappa shape index (κ3) is 2.85. The van der Waals surface area contributed by atoms with Crippen LogP contribution < -0.4 is 5.32 Å². The summed E-state index contributed by atoms with van der Waals surface area (Å²) in [5.74, 6) is 1.45. The van der Waals surface area contributed by atoms with Gasteiger partial charge in [-0.15, -0.1) is 0 Å². The molecule has 1 fully saturated rings. The molecular formula is C16H20N6O. The van der Waals surface area contributed by atoms with Crippen molar-refractivity contribution in [2.24, 2.45) is 0 Å². The zero-order valence-electron chi connectivity index (χ0n) is 13.1. The average Bonchev–Trinajstić information content (AvgIpc) is 3.20. The predicted octanol–water partition coefficient (Wildman–Crippen LogP) is 1.24. The number of nitrogens with zero attached hydrogens (tertiary/aromatic N) is 5. The Morgan fingerprint density at radius 1 is 1.35 bits per heavy atom. The van der Waals surface area contributed by atoms with Crippen molar-refractivity contribution in [3.8, 4) is 0 Å². The number of rotatable bonds is 4. The molecule has 23 heavy (non-hydrogen) atoms. The fourth-order valence-corrected chi connectivity index (χ4v) is 3.00. The molecule has 0 saturated carbocycles. The average molecular weight is 312 g/mol. The maximum absolute atomic E-state index is 5.43. The first kappa shape index (κ1) is 14.3. The van der Waals surface area contributed by atoms with Crippen molar-refractivity contribution in [3.05, 3.63) is 42.3 Å². The van der Waals surface area contributed by atoms with Gasteiger partial charge in [0.1, 0.15) is 0 Å². The second-order valence-corrected chi connectivity index (χ2v) is 5.92. The van der Waals surface area contributed by atoms with Crippen LogP contribution in [0.2, 0.25) is 0 Å². The Bertz CT molecular complexity index is 795. The second-order valence-electron chi connectivity index (χ2n) is 5.92. The van der Waals surface area contributed by atoms with Crippen LogP contribution >= 0.6 is 0 Å². The summed E-state index contributed by atoms with van der Waals surface area (Å²) in [4.78, 5) is 11.2. The molecule has 0 amide bonds. The summed E-state index contributed by atoms with van der Waals surface area (Å²) in [7, 11) is 2.10. The zero-order chi connectivity index (χ0) is 15.6. The standard InChI is InChI=1S/C16H20N6O/c1-21-9-7-17-10-14(21)16-19-15(23-20-16)6-8-22-11-18-12-4-2-3-5-13(12)22/h2-5,11,14,17H,6-10H2,1H3. The number of hydrogen-bond donors (Lipinski definition) is 1. The van der Waals surface area contributed by atoms with Gasteiger partial charge in [0, 0.05) is 32.6 Å². The van der Waals surface area contributed by atoms with Gasteiger partial charge in [-0.05, 0) is 19.2 Å². The van der Waals surface area contributed by atoms with Gasteiger partial charge in [0.2, 0.25) is 5.89 Å². The van der Waals surface area contributed by atoms with E-state index in [1.807, 2.05) is 24.5 Å². The highest BCUT2D eigenvalue weighted by Crippen LogP contribution is 2.18. The Morgan fingerprint density at radius 3 is 3.17 bits per heavy atom. The van der Waals surface area contributed by atoms with E-state index in [1.54, 1.807) is 0 Å². The number of benzene rings is 1. The number of aromatic nitrogens is 4. The second kappa shape index (κ2) is 6.10. The van der Waals surface area contributed by atoms with Gasteiger partial charge in [-0.25, -0.2) is 4.98 Å². The number of piperazine rings is 1. The van der Waals surface area contributed by atoms with E-state index in [0.717, 1.165) is 43.0 Å². The van der Waals surface area contributed by atoms with Crippen molar-refractivity contribution in [3.63, 3.8) is 0 Å². The van der Waals surface area contributed by atoms with Crippen molar-refractivity contribution in [2.45, 2.75) is 19.0 Å². The molecule has 1 atom stereocenters. The largest absolute Gasteiger partial charge is 0.339 e. The Balaban J connectivity index is 1.45. The Morgan fingerprint density at radius 2 is 2.26 bits per heavy atom. The highest BCUT2D eigenvalue weighted by molar-refractivity contribution is 5.74. The van der Waals surface area contributed by atoms with Crippen LogP contribution in [0.25, 0.3) is 11.0 Å². The maximum atomic E-state index is 5.43. The van der Waals surface area contributed by atoms with Gasteiger partial charge in [0.05, 0.1) is 23.4 Å². The van der Waals surface area contributed by atoms with Crippen LogP contribution in [0, 0.1) is 0 Å². The lowest BCUT2D eigenvalue weighted by Gasteiger charge is -2.30. The van der Waals surface area contributed by atoms with Crippen LogP contribution in [0.5, 0.6) is 0 Å². The molecule has 0 aliphatic carbocycles. The van der Waals surface area contributed by atoms with E-state index in [-0.39, 0.29) is 6.04 Å². The molecule has 1 aromatic carbocycles. The van der Waals surface area contributed by atoms with E-state index in [9.17, 15) is 0 Å². The van der Waals surface area contributed by atoms with E-state index >= 15 is 0 Å². The lowest BCUT2D eigenvalue weighted by atomic mass is 10.2. The predicted molar refractivity (Wildman–Crippen MR) is 86.0 cm³/mol. The Hall–Kier alpha value is -2.25. The monoisotopic (exact) mass is 312 g/mol. The number of para-hydroxylation sites is 2. The highest BCUT2D eigenvalue weighted by Gasteiger charge is 2.25. The summed E-state index contributed by atoms with van der Waals surface area (Å²) in [6.45, 7) is 3.64. The first-order valence-electron chi connectivity index (χ1n) is 7.94. The third-order valence-electron chi connectivity index (χ3n) is 4.39. The molecular weight excluding hydrogens is 292 g/mol. The van der Waals surface area contributed by atoms with Gasteiger partial charge in [-0.3, -0.25) is 4.90 Å². The molecule has 7 nitrogen and oxygen atoms in total. The van der Waals surface area contributed by atoms with Crippen LogP contribution in [-0.4, -0.2) is 51.3 Å². The third-order valence-corrected chi connectivity index (χ3v) is 4.39. The minimum Gasteiger partial charge on any atom is -0.339 e. The van der Waals surface area contributed by atoms with E-state index in [4.69, 9.17) is 4.52 Å². The minimum atomic E-state index is 0.190. The molecule has 7 heteroatoms. The molecule has 0 bridgehead atoms. The fraction of sp³-hybridized carbons (Fsp3) is 0.438. The molecule has 4 rings (SSSR count). The number of nitrogens with one attached hydrogen (secondary N) is 1. The van der Waals surface area contributed by atoms with E-state index in [1.165, 1.54) is 0 Å². The van der Waals surface area contributed by atoms with Crippen LogP contribution in [-0.2, 0) is 13.0 Å². The first-order chi connectivity index (χ1) is 11.3. The van der Waals surface area contributed by atoms with Crippen LogP contribution in [0.3, 0.4) is 0 Å². The van der Waals surface area contributed by atoms with Crippen LogP contribution in [0.15, 0.2) is 35.1 Å². The normalized spacial score (nSPS) is 19.4. The topological polar surface area (TPSA) is 72.0 Å². The SMILES string of the molecule is CN1CCNCC1c1noc(CCn2cnc3ccccc32)n1. The fourth-order valence-electron chi connectivity index (χ4n) is 3.00. The van der Waals surface area contributed by atoms with Gasteiger partial charge < -0.3 is 14.4 Å². The van der Waals surface area contributed by atoms with Gasteiger partial charge in [0.25, 0.3) is 0 Å². The molecule has 120 valence electrons. The smallest absolute Gasteiger partial charge is 0.228 e. The molecule has 1 aliphatic rings. The number of fused-ring (bicyclic) bond motifs is 1. The van der Waals surface area contributed by atoms with Crippen molar-refractivity contribution < 1.29 is 4.52 Å². The lowest BCUT2D eigenvalue weighted by molar-refractivity contribution is 0.190. The lowest BCUT2D eigenvalue weighted by Crippen LogP contribution is -2.44. The minimum absolute atomic E-state index is 0.190. The molecule has 3 heterocycles. The van der Waals surface area contributed by atoms with Crippen LogP contribution in [0.4, 0.5) is 0 Å². The summed E-state index contributed by atoms with van der Waals surface area (Å²) in [6.07, 6.45) is 2.57. The maximum Gasteiger partial charge on any atom is 0.228 e. The zero-order valence-corrected chi connectivity index (χ0v) is 13.1. The highest BCUT2D eigenvalue weighted by atomic mass is 16.5. The first-order valence-corrected chi connectivity index (χ1v) is 7.94. The molecule has 1 N–H and O–H groups in total. The molecule has 1 aliphatic heterocycles. The molecule has 0 spiro atoms. The molecule has 1 saturated heterocycles. The van der Waals surface area contributed by atoms with E-state index in [0.29, 0.717) is 12.3 Å². The summed E-state index contributed by atoms with van der Waals surface area (Å²) < 4.78 is 7.55. The van der Waals surface area contributed by atoms with Crippen LogP contribution in [0.1, 0.15) is 17.8 Å². The number of hydrogen-bond acceptors (Lipinski definition) is 6. The number of likely N-dealkylation sites (N-methyl/N-ethyl adjacent to an activating group) is 1. The summed E-state index contributed by atoms with van der Waals surface area (Å²) >= 11 is 0. The van der Waals surface area contributed by atoms with E-state index in [2.05, 4.69) is 43.0 Å². The van der Waals surface area contributed by atoms with Crippen molar-refractivity contribution in [2.75, 3.05) is 26.7 Å². The number of aryl methyl sites for hydroxylation is 2. The molecule has 2 aromatic heterocycles. The summed E-state index contributed by atoms with van der Waals surface area (Å²) in [5.41, 5.74) is 2.14. The van der Waals surface area contributed by atoms with Crippen molar-refractivity contribution in [1.82, 2.24) is 29.9 Å². The number of imidazole rings is 1. The van der Waals surface area contributed by atoms with E-state index < -0.39 is 0 Å². The van der Waals surface area contributed by atoms with Crippen molar-refractivity contribution in [1.29, 1.82) is 0 Å².